The van der Waals surface area contributed by atoms with Crippen molar-refractivity contribution in [3.8, 4) is 0 Å². The van der Waals surface area contributed by atoms with Crippen LogP contribution in [-0.4, -0.2) is 53.1 Å². The van der Waals surface area contributed by atoms with Crippen molar-refractivity contribution in [1.29, 1.82) is 0 Å². The average molecular weight is 270 g/mol. The highest BCUT2D eigenvalue weighted by atomic mass is 16.4. The molecule has 0 aromatic carbocycles. The number of hydrogen-bond acceptors (Lipinski definition) is 2. The monoisotopic (exact) mass is 270 g/mol. The normalized spacial score (nSPS) is 17.5. The predicted octanol–water partition coefficient (Wildman–Crippen LogP) is 2.42. The number of carbonyl (C=O) groups is 2. The van der Waals surface area contributed by atoms with E-state index >= 15 is 0 Å². The van der Waals surface area contributed by atoms with E-state index in [1.54, 1.807) is 0 Å². The summed E-state index contributed by atoms with van der Waals surface area (Å²) in [6.45, 7) is 8.10. The third-order valence-corrected chi connectivity index (χ3v) is 4.30. The molecule has 19 heavy (non-hydrogen) atoms. The Bertz CT molecular complexity index is 327. The highest BCUT2D eigenvalue weighted by Gasteiger charge is 2.38. The van der Waals surface area contributed by atoms with Crippen molar-refractivity contribution >= 4 is 12.0 Å². The zero-order chi connectivity index (χ0) is 14.5. The van der Waals surface area contributed by atoms with Gasteiger partial charge in [0.15, 0.2) is 0 Å². The smallest absolute Gasteiger partial charge is 0.323 e. The summed E-state index contributed by atoms with van der Waals surface area (Å²) in [7, 11) is 0. The van der Waals surface area contributed by atoms with Gasteiger partial charge in [0.2, 0.25) is 0 Å². The predicted molar refractivity (Wildman–Crippen MR) is 74.1 cm³/mol. The lowest BCUT2D eigenvalue weighted by Gasteiger charge is -2.29. The van der Waals surface area contributed by atoms with Gasteiger partial charge in [-0.1, -0.05) is 20.8 Å². The van der Waals surface area contributed by atoms with Gasteiger partial charge in [0.1, 0.15) is 6.54 Å². The van der Waals surface area contributed by atoms with Gasteiger partial charge >= 0.3 is 12.0 Å². The lowest BCUT2D eigenvalue weighted by atomic mass is 9.82. The first-order valence-electron chi connectivity index (χ1n) is 7.23. The average Bonchev–Trinajstić information content (AvgIpc) is 2.82. The fourth-order valence-corrected chi connectivity index (χ4v) is 2.80. The maximum atomic E-state index is 12.4. The van der Waals surface area contributed by atoms with E-state index in [4.69, 9.17) is 5.11 Å². The molecule has 0 aliphatic carbocycles. The maximum Gasteiger partial charge on any atom is 0.323 e. The second kappa shape index (κ2) is 6.78. The summed E-state index contributed by atoms with van der Waals surface area (Å²) in [4.78, 5) is 26.5. The Balaban J connectivity index is 2.68. The zero-order valence-corrected chi connectivity index (χ0v) is 12.3. The van der Waals surface area contributed by atoms with Crippen LogP contribution in [0.2, 0.25) is 0 Å². The van der Waals surface area contributed by atoms with Crippen molar-refractivity contribution in [3.05, 3.63) is 0 Å². The number of nitrogens with zero attached hydrogens (tertiary/aromatic N) is 2. The van der Waals surface area contributed by atoms with E-state index in [1.165, 1.54) is 4.90 Å². The molecule has 1 aliphatic rings. The Morgan fingerprint density at radius 2 is 1.89 bits per heavy atom. The van der Waals surface area contributed by atoms with Crippen LogP contribution in [0.1, 0.15) is 46.5 Å². The Kier molecular flexibility index (Phi) is 5.63. The van der Waals surface area contributed by atoms with Crippen molar-refractivity contribution in [1.82, 2.24) is 9.80 Å². The molecule has 1 rings (SSSR count). The first kappa shape index (κ1) is 15.8. The van der Waals surface area contributed by atoms with E-state index in [9.17, 15) is 9.59 Å². The Hall–Kier alpha value is -1.26. The fraction of sp³-hybridized carbons (Fsp3) is 0.857. The van der Waals surface area contributed by atoms with Crippen LogP contribution in [0, 0.1) is 5.41 Å². The highest BCUT2D eigenvalue weighted by molar-refractivity contribution is 5.80. The molecule has 0 saturated carbocycles. The third-order valence-electron chi connectivity index (χ3n) is 4.30. The van der Waals surface area contributed by atoms with Gasteiger partial charge in [-0.05, 0) is 31.1 Å². The fourth-order valence-electron chi connectivity index (χ4n) is 2.80. The molecule has 0 aromatic heterocycles. The van der Waals surface area contributed by atoms with Gasteiger partial charge in [-0.3, -0.25) is 4.79 Å². The maximum absolute atomic E-state index is 12.4. The molecule has 1 saturated heterocycles. The molecule has 0 spiro atoms. The number of rotatable bonds is 6. The molecule has 1 heterocycles. The largest absolute Gasteiger partial charge is 0.480 e. The summed E-state index contributed by atoms with van der Waals surface area (Å²) < 4.78 is 0. The number of likely N-dealkylation sites (tertiary alicyclic amines) is 1. The Labute approximate surface area is 115 Å². The first-order valence-corrected chi connectivity index (χ1v) is 7.23. The zero-order valence-electron chi connectivity index (χ0n) is 12.3. The molecule has 110 valence electrons. The molecule has 0 atom stereocenters. The number of urea groups is 1. The van der Waals surface area contributed by atoms with Crippen LogP contribution in [0.4, 0.5) is 4.79 Å². The van der Waals surface area contributed by atoms with Crippen molar-refractivity contribution < 1.29 is 14.7 Å². The summed E-state index contributed by atoms with van der Waals surface area (Å²) in [6, 6.07) is -0.118. The van der Waals surface area contributed by atoms with E-state index in [0.29, 0.717) is 6.54 Å². The molecule has 1 aliphatic heterocycles. The number of carboxylic acids is 1. The van der Waals surface area contributed by atoms with Crippen LogP contribution in [0.15, 0.2) is 0 Å². The Morgan fingerprint density at radius 1 is 1.26 bits per heavy atom. The van der Waals surface area contributed by atoms with E-state index < -0.39 is 5.97 Å². The van der Waals surface area contributed by atoms with Gasteiger partial charge in [-0.15, -0.1) is 0 Å². The molecule has 5 heteroatoms. The molecular formula is C14H26N2O3. The molecule has 0 radical (unpaired) electrons. The lowest BCUT2D eigenvalue weighted by Crippen LogP contribution is -2.45. The topological polar surface area (TPSA) is 60.9 Å². The van der Waals surface area contributed by atoms with E-state index in [-0.39, 0.29) is 18.0 Å². The molecule has 1 fully saturated rings. The third kappa shape index (κ3) is 3.85. The van der Waals surface area contributed by atoms with Gasteiger partial charge in [0.05, 0.1) is 0 Å². The van der Waals surface area contributed by atoms with Gasteiger partial charge in [-0.25, -0.2) is 4.79 Å². The number of aliphatic carboxylic acids is 1. The molecule has 0 unspecified atom stereocenters. The van der Waals surface area contributed by atoms with Crippen molar-refractivity contribution in [2.45, 2.75) is 46.5 Å². The molecule has 0 bridgehead atoms. The minimum atomic E-state index is -0.946. The second-order valence-electron chi connectivity index (χ2n) is 5.48. The summed E-state index contributed by atoms with van der Waals surface area (Å²) in [5.74, 6) is -0.946. The quantitative estimate of drug-likeness (QED) is 0.806. The first-order chi connectivity index (χ1) is 8.98. The summed E-state index contributed by atoms with van der Waals surface area (Å²) in [6.07, 6.45) is 3.94. The highest BCUT2D eigenvalue weighted by Crippen LogP contribution is 2.37. The summed E-state index contributed by atoms with van der Waals surface area (Å²) in [5.41, 5.74) is 0.233. The lowest BCUT2D eigenvalue weighted by molar-refractivity contribution is -0.137. The van der Waals surface area contributed by atoms with Crippen LogP contribution in [0.3, 0.4) is 0 Å². The molecular weight excluding hydrogens is 244 g/mol. The van der Waals surface area contributed by atoms with Crippen molar-refractivity contribution in [2.24, 2.45) is 5.41 Å². The molecule has 5 nitrogen and oxygen atoms in total. The molecule has 0 aromatic rings. The van der Waals surface area contributed by atoms with Gasteiger partial charge in [-0.2, -0.15) is 0 Å². The minimum Gasteiger partial charge on any atom is -0.480 e. The minimum absolute atomic E-state index is 0.118. The SMILES string of the molecule is CCCN(CC(=O)O)C(=O)N1CCC(CC)(CC)C1. The standard InChI is InChI=1S/C14H26N2O3/c1-4-8-15(10-12(17)18)13(19)16-9-7-14(5-2,6-3)11-16/h4-11H2,1-3H3,(H,17,18). The Morgan fingerprint density at radius 3 is 2.32 bits per heavy atom. The van der Waals surface area contributed by atoms with Crippen molar-refractivity contribution in [3.63, 3.8) is 0 Å². The second-order valence-corrected chi connectivity index (χ2v) is 5.48. The molecule has 1 N–H and O–H groups in total. The number of carbonyl (C=O) groups excluding carboxylic acids is 1. The van der Waals surface area contributed by atoms with Crippen LogP contribution < -0.4 is 0 Å². The van der Waals surface area contributed by atoms with Crippen LogP contribution >= 0.6 is 0 Å². The van der Waals surface area contributed by atoms with Crippen LogP contribution in [0.5, 0.6) is 0 Å². The number of carboxylic acid groups (broad SMARTS) is 1. The van der Waals surface area contributed by atoms with E-state index in [0.717, 1.165) is 38.8 Å². The summed E-state index contributed by atoms with van der Waals surface area (Å²) >= 11 is 0. The number of amides is 2. The van der Waals surface area contributed by atoms with E-state index in [1.807, 2.05) is 11.8 Å². The van der Waals surface area contributed by atoms with Crippen molar-refractivity contribution in [2.75, 3.05) is 26.2 Å². The van der Waals surface area contributed by atoms with Gasteiger partial charge in [0, 0.05) is 19.6 Å². The van der Waals surface area contributed by atoms with Gasteiger partial charge in [0.25, 0.3) is 0 Å². The van der Waals surface area contributed by atoms with E-state index in [2.05, 4.69) is 13.8 Å². The summed E-state index contributed by atoms with van der Waals surface area (Å²) in [5, 5.41) is 8.88. The van der Waals surface area contributed by atoms with Crippen LogP contribution in [-0.2, 0) is 4.79 Å². The van der Waals surface area contributed by atoms with Gasteiger partial charge < -0.3 is 14.9 Å². The molecule has 2 amide bonds. The van der Waals surface area contributed by atoms with Crippen LogP contribution in [0.25, 0.3) is 0 Å². The number of hydrogen-bond donors (Lipinski definition) is 1.